The number of allylic oxidation sites excluding steroid dienone is 4. The Morgan fingerprint density at radius 2 is 0.660 bits per heavy atom. The van der Waals surface area contributed by atoms with Gasteiger partial charge in [0, 0.05) is 77.0 Å². The molecule has 0 atom stereocenters. The fourth-order valence-corrected chi connectivity index (χ4v) is 19.3. The minimum absolute atomic E-state index is 0.637. The molecule has 19 rings (SSSR count). The quantitative estimate of drug-likeness (QED) is 0.121. The van der Waals surface area contributed by atoms with Crippen LogP contribution in [0.4, 0.5) is 34.1 Å². The van der Waals surface area contributed by atoms with Crippen molar-refractivity contribution in [1.82, 2.24) is 8.80 Å². The molecule has 0 spiro atoms. The smallest absolute Gasteiger partial charge is 0.0642 e. The molecule has 0 N–H and O–H groups in total. The summed E-state index contributed by atoms with van der Waals surface area (Å²) in [5, 5.41) is 10.4. The molecule has 464 valence electrons. The van der Waals surface area contributed by atoms with Crippen LogP contribution in [0.3, 0.4) is 0 Å². The molecule has 4 aromatic heterocycles. The number of hydrogen-bond acceptors (Lipinski definition) is 2. The van der Waals surface area contributed by atoms with Crippen LogP contribution in [0, 0.1) is 0 Å². The molecule has 0 bridgehead atoms. The van der Waals surface area contributed by atoms with E-state index in [-0.39, 0.29) is 0 Å². The second-order valence-electron chi connectivity index (χ2n) is 29.0. The third-order valence-corrected chi connectivity index (χ3v) is 23.8. The highest BCUT2D eigenvalue weighted by Crippen LogP contribution is 2.57. The Balaban J connectivity index is 0.897. The van der Waals surface area contributed by atoms with Gasteiger partial charge >= 0.3 is 0 Å². The van der Waals surface area contributed by atoms with E-state index in [1.54, 1.807) is 0 Å². The van der Waals surface area contributed by atoms with Crippen molar-refractivity contribution in [2.75, 3.05) is 9.80 Å². The summed E-state index contributed by atoms with van der Waals surface area (Å²) < 4.78 is 5.47. The van der Waals surface area contributed by atoms with E-state index in [2.05, 4.69) is 237 Å². The first-order valence-electron chi connectivity index (χ1n) is 36.5. The van der Waals surface area contributed by atoms with Crippen molar-refractivity contribution in [3.63, 3.8) is 0 Å². The Kier molecular flexibility index (Phi) is 14.1. The number of aromatic nitrogens is 2. The van der Waals surface area contributed by atoms with Gasteiger partial charge < -0.3 is 18.6 Å². The van der Waals surface area contributed by atoms with E-state index in [1.165, 1.54) is 283 Å². The molecule has 0 radical (unpaired) electrons. The number of rotatable bonds is 12. The van der Waals surface area contributed by atoms with Crippen LogP contribution in [-0.2, 0) is 0 Å². The summed E-state index contributed by atoms with van der Waals surface area (Å²) in [6, 6.07) is 79.6. The van der Waals surface area contributed by atoms with E-state index < -0.39 is 0 Å². The van der Waals surface area contributed by atoms with Crippen molar-refractivity contribution in [1.29, 1.82) is 0 Å². The Hall–Kier alpha value is -9.12. The molecule has 5 aliphatic carbocycles. The number of anilines is 6. The first kappa shape index (κ1) is 56.4. The van der Waals surface area contributed by atoms with Gasteiger partial charge in [0.1, 0.15) is 0 Å². The molecule has 10 aromatic carbocycles. The zero-order valence-electron chi connectivity index (χ0n) is 54.4. The van der Waals surface area contributed by atoms with E-state index in [9.17, 15) is 0 Å². The van der Waals surface area contributed by atoms with E-state index in [0.717, 1.165) is 12.8 Å². The van der Waals surface area contributed by atoms with Gasteiger partial charge in [0.15, 0.2) is 0 Å². The highest BCUT2D eigenvalue weighted by Gasteiger charge is 2.35. The van der Waals surface area contributed by atoms with E-state index in [4.69, 9.17) is 0 Å². The Morgan fingerprint density at radius 3 is 1.04 bits per heavy atom. The molecule has 5 aliphatic rings. The van der Waals surface area contributed by atoms with Crippen LogP contribution >= 0.6 is 0 Å². The molecule has 0 saturated heterocycles. The third-order valence-electron chi connectivity index (χ3n) is 23.8. The standard InChI is InChI=1S/C90H84N4/c1-7-23-59(24-8-1)63-39-47-69(48-40-63)91(70-49-41-64(42-50-70)60-25-9-2-10-26-60)79-57-55-75-85-81(67-31-15-5-16-32-67)90-86(82(68-33-17-6-18-34-68)89(85)93-77-37-21-19-35-73(77)83(79)87(75)93)76-56-58-80(84-74-36-20-22-38-78(74)94(90)88(76)84)92(71-51-43-65(44-52-71)61-27-11-3-12-28-61)72-53-45-66(46-54-72)62-29-13-4-14-30-62/h5-6,15-17,19-22,31-33,35-62H,1-4,7-14,18,23-30,34H2. The number of para-hydroxylation sites is 2. The summed E-state index contributed by atoms with van der Waals surface area (Å²) in [5.74, 6) is 2.55. The topological polar surface area (TPSA) is 15.3 Å². The molecular weight excluding hydrogens is 1140 g/mol. The number of hydrogen-bond donors (Lipinski definition) is 0. The summed E-state index contributed by atoms with van der Waals surface area (Å²) in [6.07, 6.45) is 35.5. The second kappa shape index (κ2) is 23.4. The van der Waals surface area contributed by atoms with Crippen molar-refractivity contribution >= 4 is 116 Å². The minimum Gasteiger partial charge on any atom is -0.310 e. The van der Waals surface area contributed by atoms with Gasteiger partial charge in [-0.15, -0.1) is 0 Å². The minimum atomic E-state index is 0.637. The van der Waals surface area contributed by atoms with Crippen molar-refractivity contribution < 1.29 is 0 Å². The maximum atomic E-state index is 2.74. The highest BCUT2D eigenvalue weighted by atomic mass is 15.2. The van der Waals surface area contributed by atoms with Crippen LogP contribution in [0.1, 0.15) is 193 Å². The fourth-order valence-electron chi connectivity index (χ4n) is 19.3. The van der Waals surface area contributed by atoms with Gasteiger partial charge in [0.05, 0.1) is 44.5 Å². The number of nitrogens with zero attached hydrogens (tertiary/aromatic N) is 4. The monoisotopic (exact) mass is 1220 g/mol. The molecule has 4 heterocycles. The van der Waals surface area contributed by atoms with Crippen LogP contribution in [0.2, 0.25) is 0 Å². The lowest BCUT2D eigenvalue weighted by molar-refractivity contribution is 0.443. The summed E-state index contributed by atoms with van der Waals surface area (Å²) >= 11 is 0. The van der Waals surface area contributed by atoms with Crippen LogP contribution in [0.15, 0.2) is 218 Å². The summed E-state index contributed by atoms with van der Waals surface area (Å²) in [4.78, 5) is 5.22. The fraction of sp³-hybridized carbons (Fsp3) is 0.289. The molecule has 4 saturated carbocycles. The molecule has 4 nitrogen and oxygen atoms in total. The largest absolute Gasteiger partial charge is 0.310 e. The third kappa shape index (κ3) is 9.12. The molecule has 4 fully saturated rings. The zero-order chi connectivity index (χ0) is 61.8. The molecule has 4 heteroatoms. The van der Waals surface area contributed by atoms with Crippen molar-refractivity contribution in [2.45, 2.75) is 165 Å². The lowest BCUT2D eigenvalue weighted by Gasteiger charge is -2.29. The van der Waals surface area contributed by atoms with Gasteiger partial charge in [-0.1, -0.05) is 223 Å². The average Bonchev–Trinajstić information content (AvgIpc) is 1.49. The maximum Gasteiger partial charge on any atom is 0.0642 e. The summed E-state index contributed by atoms with van der Waals surface area (Å²) in [5.41, 5.74) is 26.2. The van der Waals surface area contributed by atoms with Crippen molar-refractivity contribution in [2.24, 2.45) is 0 Å². The lowest BCUT2D eigenvalue weighted by atomic mass is 9.84. The van der Waals surface area contributed by atoms with Gasteiger partial charge in [-0.05, 0) is 194 Å². The highest BCUT2D eigenvalue weighted by molar-refractivity contribution is 6.38. The molecule has 14 aromatic rings. The van der Waals surface area contributed by atoms with Crippen LogP contribution in [-0.4, -0.2) is 8.80 Å². The normalized spacial score (nSPS) is 17.6. The molecule has 0 amide bonds. The SMILES string of the molecule is C1=CCCC(c2c3c4ccc(N(c5ccc(C6CCCCC6)cc5)c5ccc(C6CCCCC6)cc5)c5c6ccccc6n(c3c(-c3ccccc3)c3c6ccc(N(c7ccc(C8CCCCC8)cc7)c7ccc(C8CCCCC8)cc7)c7c8ccccc8n(c23)c67)c45)=C1. The Labute approximate surface area is 553 Å². The van der Waals surface area contributed by atoms with Crippen LogP contribution in [0.5, 0.6) is 0 Å². The van der Waals surface area contributed by atoms with E-state index in [0.29, 0.717) is 23.7 Å². The van der Waals surface area contributed by atoms with E-state index in [1.807, 2.05) is 0 Å². The Morgan fingerprint density at radius 1 is 0.298 bits per heavy atom. The van der Waals surface area contributed by atoms with Crippen LogP contribution < -0.4 is 9.80 Å². The molecule has 94 heavy (non-hydrogen) atoms. The summed E-state index contributed by atoms with van der Waals surface area (Å²) in [6.45, 7) is 0. The molecular formula is C90H84N4. The molecule has 0 unspecified atom stereocenters. The predicted molar refractivity (Wildman–Crippen MR) is 400 cm³/mol. The number of fused-ring (bicyclic) bond motifs is 12. The Bertz CT molecular complexity index is 4930. The molecule has 0 aliphatic heterocycles. The summed E-state index contributed by atoms with van der Waals surface area (Å²) in [7, 11) is 0. The van der Waals surface area contributed by atoms with Crippen molar-refractivity contribution in [3.05, 3.63) is 246 Å². The second-order valence-corrected chi connectivity index (χ2v) is 29.0. The lowest BCUT2D eigenvalue weighted by Crippen LogP contribution is -2.12. The van der Waals surface area contributed by atoms with Crippen molar-refractivity contribution in [3.8, 4) is 11.1 Å². The number of benzene rings is 10. The zero-order valence-corrected chi connectivity index (χ0v) is 54.4. The first-order valence-corrected chi connectivity index (χ1v) is 36.5. The van der Waals surface area contributed by atoms with Gasteiger partial charge in [0.2, 0.25) is 0 Å². The van der Waals surface area contributed by atoms with Gasteiger partial charge in [-0.2, -0.15) is 0 Å². The predicted octanol–water partition coefficient (Wildman–Crippen LogP) is 26.5. The first-order chi connectivity index (χ1) is 46.7. The maximum absolute atomic E-state index is 2.74. The average molecular weight is 1220 g/mol. The van der Waals surface area contributed by atoms with Gasteiger partial charge in [0.25, 0.3) is 0 Å². The van der Waals surface area contributed by atoms with Gasteiger partial charge in [-0.25, -0.2) is 0 Å². The van der Waals surface area contributed by atoms with E-state index >= 15 is 0 Å². The van der Waals surface area contributed by atoms with Crippen LogP contribution in [0.25, 0.3) is 92.9 Å². The van der Waals surface area contributed by atoms with Gasteiger partial charge in [-0.3, -0.25) is 0 Å².